The van der Waals surface area contributed by atoms with Crippen LogP contribution in [-0.2, 0) is 0 Å². The van der Waals surface area contributed by atoms with Gasteiger partial charge in [-0.15, -0.1) is 0 Å². The number of hydrogen-bond acceptors (Lipinski definition) is 2. The monoisotopic (exact) mass is 210 g/mol. The summed E-state index contributed by atoms with van der Waals surface area (Å²) in [5.74, 6) is 0.315. The molecule has 0 saturated carbocycles. The lowest BCUT2D eigenvalue weighted by Gasteiger charge is -2.38. The van der Waals surface area contributed by atoms with Gasteiger partial charge >= 0.3 is 0 Å². The van der Waals surface area contributed by atoms with Crippen LogP contribution in [0.15, 0.2) is 23.8 Å². The van der Waals surface area contributed by atoms with E-state index < -0.39 is 6.10 Å². The summed E-state index contributed by atoms with van der Waals surface area (Å²) < 4.78 is 0. The van der Waals surface area contributed by atoms with E-state index in [-0.39, 0.29) is 11.5 Å². The molecule has 2 nitrogen and oxygen atoms in total. The average Bonchev–Trinajstić information content (AvgIpc) is 1.98. The molecule has 0 aromatic heterocycles. The molecule has 0 spiro atoms. The summed E-state index contributed by atoms with van der Waals surface area (Å²) in [5, 5.41) is 18.9. The fourth-order valence-corrected chi connectivity index (χ4v) is 2.43. The van der Waals surface area contributed by atoms with Crippen molar-refractivity contribution in [3.05, 3.63) is 23.8 Å². The summed E-state index contributed by atoms with van der Waals surface area (Å²) in [7, 11) is 0. The zero-order chi connectivity index (χ0) is 11.6. The molecular formula is C13H22O2. The van der Waals surface area contributed by atoms with Crippen molar-refractivity contribution in [1.82, 2.24) is 0 Å². The summed E-state index contributed by atoms with van der Waals surface area (Å²) in [6.07, 6.45) is 5.85. The van der Waals surface area contributed by atoms with Crippen LogP contribution in [-0.4, -0.2) is 22.4 Å². The Morgan fingerprint density at radius 2 is 2.13 bits per heavy atom. The van der Waals surface area contributed by atoms with Crippen molar-refractivity contribution in [1.29, 1.82) is 0 Å². The van der Waals surface area contributed by atoms with Crippen molar-refractivity contribution in [2.24, 2.45) is 11.3 Å². The second-order valence-electron chi connectivity index (χ2n) is 5.27. The third-order valence-corrected chi connectivity index (χ3v) is 3.11. The molecule has 0 fully saturated rings. The molecule has 3 atom stereocenters. The molecule has 1 aliphatic carbocycles. The van der Waals surface area contributed by atoms with Crippen LogP contribution in [0.2, 0.25) is 0 Å². The molecule has 0 aliphatic heterocycles. The molecule has 0 aromatic rings. The first-order valence-corrected chi connectivity index (χ1v) is 5.55. The minimum atomic E-state index is -0.402. The molecular weight excluding hydrogens is 188 g/mol. The van der Waals surface area contributed by atoms with Gasteiger partial charge in [0.05, 0.1) is 12.2 Å². The van der Waals surface area contributed by atoms with Crippen molar-refractivity contribution < 1.29 is 10.2 Å². The lowest BCUT2D eigenvalue weighted by atomic mass is 9.68. The van der Waals surface area contributed by atoms with Crippen molar-refractivity contribution in [3.8, 4) is 0 Å². The van der Waals surface area contributed by atoms with Gasteiger partial charge in [0.1, 0.15) is 0 Å². The maximum Gasteiger partial charge on any atom is 0.0729 e. The predicted octanol–water partition coefficient (Wildman–Crippen LogP) is 2.28. The van der Waals surface area contributed by atoms with Crippen LogP contribution >= 0.6 is 0 Å². The van der Waals surface area contributed by atoms with Gasteiger partial charge in [0.2, 0.25) is 0 Å². The van der Waals surface area contributed by atoms with Crippen LogP contribution in [0.3, 0.4) is 0 Å². The Morgan fingerprint density at radius 3 is 2.60 bits per heavy atom. The highest BCUT2D eigenvalue weighted by molar-refractivity contribution is 5.21. The van der Waals surface area contributed by atoms with Gasteiger partial charge in [-0.3, -0.25) is 0 Å². The Bertz CT molecular complexity index is 274. The van der Waals surface area contributed by atoms with Crippen LogP contribution in [0.1, 0.15) is 34.1 Å². The quantitative estimate of drug-likeness (QED) is 0.686. The molecule has 86 valence electrons. The fourth-order valence-electron chi connectivity index (χ4n) is 2.43. The zero-order valence-corrected chi connectivity index (χ0v) is 10.1. The van der Waals surface area contributed by atoms with Gasteiger partial charge in [-0.2, -0.15) is 0 Å². The Balaban J connectivity index is 2.89. The van der Waals surface area contributed by atoms with Gasteiger partial charge in [-0.25, -0.2) is 0 Å². The van der Waals surface area contributed by atoms with E-state index in [0.29, 0.717) is 5.92 Å². The van der Waals surface area contributed by atoms with E-state index in [1.807, 2.05) is 19.1 Å². The molecule has 0 bridgehead atoms. The smallest absolute Gasteiger partial charge is 0.0729 e. The van der Waals surface area contributed by atoms with E-state index in [0.717, 1.165) is 6.42 Å². The first-order valence-electron chi connectivity index (χ1n) is 5.55. The molecule has 1 rings (SSSR count). The third kappa shape index (κ3) is 3.18. The first kappa shape index (κ1) is 12.5. The fraction of sp³-hybridized carbons (Fsp3) is 0.692. The van der Waals surface area contributed by atoms with Gasteiger partial charge in [0.15, 0.2) is 0 Å². The van der Waals surface area contributed by atoms with Gasteiger partial charge in [-0.05, 0) is 25.7 Å². The lowest BCUT2D eigenvalue weighted by molar-refractivity contribution is 0.117. The number of aliphatic hydroxyl groups is 2. The molecule has 15 heavy (non-hydrogen) atoms. The van der Waals surface area contributed by atoms with Crippen LogP contribution in [0.5, 0.6) is 0 Å². The predicted molar refractivity (Wildman–Crippen MR) is 62.5 cm³/mol. The van der Waals surface area contributed by atoms with Crippen LogP contribution in [0.4, 0.5) is 0 Å². The highest BCUT2D eigenvalue weighted by atomic mass is 16.3. The highest BCUT2D eigenvalue weighted by Gasteiger charge is 2.34. The maximum absolute atomic E-state index is 9.66. The second kappa shape index (κ2) is 4.50. The maximum atomic E-state index is 9.66. The molecule has 0 amide bonds. The van der Waals surface area contributed by atoms with Crippen molar-refractivity contribution in [2.75, 3.05) is 0 Å². The van der Waals surface area contributed by atoms with Crippen LogP contribution < -0.4 is 0 Å². The SMILES string of the molecule is CC1=CC(O)CC(C)(C)C1/C=C/C(C)O. The highest BCUT2D eigenvalue weighted by Crippen LogP contribution is 2.41. The summed E-state index contributed by atoms with van der Waals surface area (Å²) in [5.41, 5.74) is 1.25. The molecule has 0 saturated heterocycles. The van der Waals surface area contributed by atoms with E-state index in [2.05, 4.69) is 19.9 Å². The van der Waals surface area contributed by atoms with Crippen LogP contribution in [0.25, 0.3) is 0 Å². The normalized spacial score (nSPS) is 32.8. The van der Waals surface area contributed by atoms with E-state index in [1.54, 1.807) is 6.92 Å². The summed E-state index contributed by atoms with van der Waals surface area (Å²) in [6.45, 7) is 8.11. The number of aliphatic hydroxyl groups excluding tert-OH is 2. The zero-order valence-electron chi connectivity index (χ0n) is 10.1. The minimum Gasteiger partial charge on any atom is -0.389 e. The van der Waals surface area contributed by atoms with Gasteiger partial charge in [-0.1, -0.05) is 37.6 Å². The van der Waals surface area contributed by atoms with E-state index in [9.17, 15) is 10.2 Å². The van der Waals surface area contributed by atoms with Gasteiger partial charge < -0.3 is 10.2 Å². The molecule has 2 heteroatoms. The summed E-state index contributed by atoms with van der Waals surface area (Å²) in [4.78, 5) is 0. The topological polar surface area (TPSA) is 40.5 Å². The van der Waals surface area contributed by atoms with E-state index in [4.69, 9.17) is 0 Å². The van der Waals surface area contributed by atoms with Crippen molar-refractivity contribution >= 4 is 0 Å². The van der Waals surface area contributed by atoms with E-state index >= 15 is 0 Å². The Labute approximate surface area is 92.3 Å². The van der Waals surface area contributed by atoms with Crippen molar-refractivity contribution in [3.63, 3.8) is 0 Å². The minimum absolute atomic E-state index is 0.0592. The summed E-state index contributed by atoms with van der Waals surface area (Å²) in [6, 6.07) is 0. The molecule has 2 N–H and O–H groups in total. The number of allylic oxidation sites excluding steroid dienone is 2. The first-order chi connectivity index (χ1) is 6.83. The second-order valence-corrected chi connectivity index (χ2v) is 5.27. The van der Waals surface area contributed by atoms with Crippen LogP contribution in [0, 0.1) is 11.3 Å². The summed E-state index contributed by atoms with van der Waals surface area (Å²) >= 11 is 0. The average molecular weight is 210 g/mol. The number of hydrogen-bond donors (Lipinski definition) is 2. The Hall–Kier alpha value is -0.600. The standard InChI is InChI=1S/C13H22O2/c1-9-7-11(15)8-13(3,4)12(9)6-5-10(2)14/h5-7,10-12,14-15H,8H2,1-4H3/b6-5+. The third-order valence-electron chi connectivity index (χ3n) is 3.11. The van der Waals surface area contributed by atoms with Crippen molar-refractivity contribution in [2.45, 2.75) is 46.3 Å². The largest absolute Gasteiger partial charge is 0.389 e. The lowest BCUT2D eigenvalue weighted by Crippen LogP contribution is -2.32. The van der Waals surface area contributed by atoms with Gasteiger partial charge in [0.25, 0.3) is 0 Å². The Kier molecular flexibility index (Phi) is 3.74. The Morgan fingerprint density at radius 1 is 1.53 bits per heavy atom. The molecule has 0 heterocycles. The van der Waals surface area contributed by atoms with E-state index in [1.165, 1.54) is 5.57 Å². The van der Waals surface area contributed by atoms with Gasteiger partial charge in [0, 0.05) is 5.92 Å². The molecule has 1 aliphatic rings. The molecule has 3 unspecified atom stereocenters. The molecule has 0 radical (unpaired) electrons. The number of rotatable bonds is 2. The molecule has 0 aromatic carbocycles.